The second-order valence-corrected chi connectivity index (χ2v) is 6.52. The largest absolute Gasteiger partial charge is 0.294 e. The van der Waals surface area contributed by atoms with Gasteiger partial charge in [-0.2, -0.15) is 0 Å². The van der Waals surface area contributed by atoms with Crippen LogP contribution in [-0.2, 0) is 13.0 Å². The summed E-state index contributed by atoms with van der Waals surface area (Å²) in [4.78, 5) is 18.9. The van der Waals surface area contributed by atoms with E-state index in [1.165, 1.54) is 4.88 Å². The molecule has 0 N–H and O–H groups in total. The molecule has 0 saturated carbocycles. The molecule has 0 fully saturated rings. The van der Waals surface area contributed by atoms with Crippen LogP contribution in [0.15, 0.2) is 45.9 Å². The highest BCUT2D eigenvalue weighted by Gasteiger charge is 2.09. The molecular weight excluding hydrogens is 336 g/mol. The maximum atomic E-state index is 12.5. The van der Waals surface area contributed by atoms with Crippen molar-refractivity contribution in [2.45, 2.75) is 19.9 Å². The van der Waals surface area contributed by atoms with E-state index < -0.39 is 0 Å². The maximum absolute atomic E-state index is 12.5. The van der Waals surface area contributed by atoms with Crippen molar-refractivity contribution in [2.24, 2.45) is 0 Å². The number of fused-ring (bicyclic) bond motifs is 1. The number of nitrogens with zero attached hydrogens (tertiary/aromatic N) is 2. The second-order valence-electron chi connectivity index (χ2n) is 4.55. The lowest BCUT2D eigenvalue weighted by Crippen LogP contribution is -2.20. The van der Waals surface area contributed by atoms with Gasteiger partial charge in [0.15, 0.2) is 0 Å². The van der Waals surface area contributed by atoms with Gasteiger partial charge < -0.3 is 0 Å². The summed E-state index contributed by atoms with van der Waals surface area (Å²) in [5, 5.41) is 0.724. The van der Waals surface area contributed by atoms with Gasteiger partial charge in [0.1, 0.15) is 4.83 Å². The minimum Gasteiger partial charge on any atom is -0.294 e. The molecule has 1 aromatic carbocycles. The Kier molecular flexibility index (Phi) is 3.72. The Balaban J connectivity index is 2.06. The van der Waals surface area contributed by atoms with Crippen LogP contribution < -0.4 is 5.56 Å². The van der Waals surface area contributed by atoms with Gasteiger partial charge in [0.2, 0.25) is 0 Å². The molecule has 0 amide bonds. The van der Waals surface area contributed by atoms with Crippen LogP contribution in [-0.4, -0.2) is 9.55 Å². The SMILES string of the molecule is CCc1cc2c(=O)n(Cc3ccccc3Br)cnc2s1. The third kappa shape index (κ3) is 2.43. The van der Waals surface area contributed by atoms with Crippen molar-refractivity contribution in [3.63, 3.8) is 0 Å². The highest BCUT2D eigenvalue weighted by atomic mass is 79.9. The van der Waals surface area contributed by atoms with Crippen molar-refractivity contribution in [3.8, 4) is 0 Å². The Labute approximate surface area is 129 Å². The molecule has 3 rings (SSSR count). The third-order valence-corrected chi connectivity index (χ3v) is 5.18. The molecule has 3 nitrogen and oxygen atoms in total. The van der Waals surface area contributed by atoms with Crippen LogP contribution in [0.5, 0.6) is 0 Å². The molecule has 0 bridgehead atoms. The standard InChI is InChI=1S/C15H13BrN2OS/c1-2-11-7-12-14(20-11)17-9-18(15(12)19)8-10-5-3-4-6-13(10)16/h3-7,9H,2,8H2,1H3. The predicted molar refractivity (Wildman–Crippen MR) is 86.5 cm³/mol. The van der Waals surface area contributed by atoms with E-state index in [4.69, 9.17) is 0 Å². The number of hydrogen-bond acceptors (Lipinski definition) is 3. The minimum atomic E-state index is 0.0294. The van der Waals surface area contributed by atoms with Crippen LogP contribution in [0.4, 0.5) is 0 Å². The first-order valence-electron chi connectivity index (χ1n) is 6.40. The van der Waals surface area contributed by atoms with E-state index >= 15 is 0 Å². The summed E-state index contributed by atoms with van der Waals surface area (Å²) < 4.78 is 2.67. The number of benzene rings is 1. The van der Waals surface area contributed by atoms with Gasteiger partial charge in [-0.05, 0) is 24.1 Å². The van der Waals surface area contributed by atoms with Crippen LogP contribution >= 0.6 is 27.3 Å². The van der Waals surface area contributed by atoms with E-state index in [2.05, 4.69) is 27.8 Å². The fourth-order valence-electron chi connectivity index (χ4n) is 2.11. The Morgan fingerprint density at radius 3 is 2.90 bits per heavy atom. The summed E-state index contributed by atoms with van der Waals surface area (Å²) in [6.45, 7) is 2.62. The fraction of sp³-hybridized carbons (Fsp3) is 0.200. The molecule has 0 radical (unpaired) electrons. The van der Waals surface area contributed by atoms with Gasteiger partial charge in [0, 0.05) is 9.35 Å². The topological polar surface area (TPSA) is 34.9 Å². The summed E-state index contributed by atoms with van der Waals surface area (Å²) in [7, 11) is 0. The van der Waals surface area contributed by atoms with Crippen molar-refractivity contribution >= 4 is 37.5 Å². The molecular formula is C15H13BrN2OS. The van der Waals surface area contributed by atoms with Crippen LogP contribution in [0.25, 0.3) is 10.2 Å². The molecule has 20 heavy (non-hydrogen) atoms. The molecule has 0 unspecified atom stereocenters. The number of thiophene rings is 1. The van der Waals surface area contributed by atoms with Gasteiger partial charge in [-0.3, -0.25) is 9.36 Å². The lowest BCUT2D eigenvalue weighted by Gasteiger charge is -2.07. The molecule has 0 spiro atoms. The summed E-state index contributed by atoms with van der Waals surface area (Å²) in [5.74, 6) is 0. The normalized spacial score (nSPS) is 11.1. The van der Waals surface area contributed by atoms with E-state index in [9.17, 15) is 4.79 Å². The molecule has 0 atom stereocenters. The van der Waals surface area contributed by atoms with E-state index in [0.717, 1.165) is 26.7 Å². The Morgan fingerprint density at radius 2 is 2.15 bits per heavy atom. The number of rotatable bonds is 3. The lowest BCUT2D eigenvalue weighted by molar-refractivity contribution is 0.747. The lowest BCUT2D eigenvalue weighted by atomic mass is 10.2. The Bertz CT molecular complexity index is 822. The monoisotopic (exact) mass is 348 g/mol. The Hall–Kier alpha value is -1.46. The van der Waals surface area contributed by atoms with Crippen LogP contribution in [0.3, 0.4) is 0 Å². The average Bonchev–Trinajstić information content (AvgIpc) is 2.88. The Morgan fingerprint density at radius 1 is 1.35 bits per heavy atom. The minimum absolute atomic E-state index is 0.0294. The summed E-state index contributed by atoms with van der Waals surface area (Å²) in [6, 6.07) is 9.88. The van der Waals surface area contributed by atoms with Gasteiger partial charge in [0.05, 0.1) is 18.3 Å². The van der Waals surface area contributed by atoms with Crippen molar-refractivity contribution in [1.82, 2.24) is 9.55 Å². The molecule has 0 aliphatic carbocycles. The highest BCUT2D eigenvalue weighted by molar-refractivity contribution is 9.10. The van der Waals surface area contributed by atoms with E-state index in [-0.39, 0.29) is 5.56 Å². The van der Waals surface area contributed by atoms with E-state index in [1.807, 2.05) is 30.3 Å². The van der Waals surface area contributed by atoms with Gasteiger partial charge >= 0.3 is 0 Å². The van der Waals surface area contributed by atoms with Gasteiger partial charge in [-0.1, -0.05) is 41.1 Å². The zero-order valence-electron chi connectivity index (χ0n) is 11.0. The number of hydrogen-bond donors (Lipinski definition) is 0. The molecule has 0 aliphatic heterocycles. The van der Waals surface area contributed by atoms with E-state index in [1.54, 1.807) is 22.2 Å². The second kappa shape index (κ2) is 5.50. The molecule has 3 aromatic rings. The zero-order valence-corrected chi connectivity index (χ0v) is 13.4. The van der Waals surface area contributed by atoms with E-state index in [0.29, 0.717) is 6.54 Å². The number of aromatic nitrogens is 2. The molecule has 5 heteroatoms. The van der Waals surface area contributed by atoms with Crippen LogP contribution in [0.1, 0.15) is 17.4 Å². The summed E-state index contributed by atoms with van der Waals surface area (Å²) in [5.41, 5.74) is 1.10. The maximum Gasteiger partial charge on any atom is 0.262 e. The zero-order chi connectivity index (χ0) is 14.1. The highest BCUT2D eigenvalue weighted by Crippen LogP contribution is 2.21. The quantitative estimate of drug-likeness (QED) is 0.720. The third-order valence-electron chi connectivity index (χ3n) is 3.22. The molecule has 102 valence electrons. The summed E-state index contributed by atoms with van der Waals surface area (Å²) >= 11 is 5.11. The van der Waals surface area contributed by atoms with Crippen molar-refractivity contribution in [1.29, 1.82) is 0 Å². The van der Waals surface area contributed by atoms with Gasteiger partial charge in [-0.25, -0.2) is 4.98 Å². The smallest absolute Gasteiger partial charge is 0.262 e. The van der Waals surface area contributed by atoms with Crippen LogP contribution in [0, 0.1) is 0 Å². The van der Waals surface area contributed by atoms with Gasteiger partial charge in [0.25, 0.3) is 5.56 Å². The fourth-order valence-corrected chi connectivity index (χ4v) is 3.44. The average molecular weight is 349 g/mol. The first kappa shape index (κ1) is 13.5. The number of halogens is 1. The summed E-state index contributed by atoms with van der Waals surface area (Å²) in [6.07, 6.45) is 2.57. The van der Waals surface area contributed by atoms with Crippen molar-refractivity contribution in [3.05, 3.63) is 61.9 Å². The molecule has 0 saturated heterocycles. The molecule has 0 aliphatic rings. The predicted octanol–water partition coefficient (Wildman–Crippen LogP) is 3.83. The van der Waals surface area contributed by atoms with Crippen molar-refractivity contribution < 1.29 is 0 Å². The molecule has 2 heterocycles. The van der Waals surface area contributed by atoms with Gasteiger partial charge in [-0.15, -0.1) is 11.3 Å². The van der Waals surface area contributed by atoms with Crippen molar-refractivity contribution in [2.75, 3.05) is 0 Å². The molecule has 2 aromatic heterocycles. The first-order valence-corrected chi connectivity index (χ1v) is 8.01. The number of aryl methyl sites for hydroxylation is 1. The van der Waals surface area contributed by atoms with Crippen LogP contribution in [0.2, 0.25) is 0 Å². The first-order chi connectivity index (χ1) is 9.69.